The minimum atomic E-state index is -1.16. The first-order valence-electron chi connectivity index (χ1n) is 9.46. The Balaban J connectivity index is 1.75. The number of benzene rings is 1. The lowest BCUT2D eigenvalue weighted by molar-refractivity contribution is -0.277. The molecule has 2 fully saturated rings. The van der Waals surface area contributed by atoms with Crippen LogP contribution in [-0.4, -0.2) is 108 Å². The van der Waals surface area contributed by atoms with Crippen LogP contribution < -0.4 is 9.47 Å². The Labute approximate surface area is 168 Å². The van der Waals surface area contributed by atoms with Crippen molar-refractivity contribution in [3.8, 4) is 11.5 Å². The van der Waals surface area contributed by atoms with E-state index < -0.39 is 42.9 Å². The van der Waals surface area contributed by atoms with Gasteiger partial charge in [-0.3, -0.25) is 4.90 Å². The summed E-state index contributed by atoms with van der Waals surface area (Å²) in [5.74, 6) is 0.954. The molecule has 10 heteroatoms. The van der Waals surface area contributed by atoms with E-state index in [1.165, 1.54) is 14.2 Å². The standard InChI is InChI=1S/C19H29NO9/c1-26-14-4-3-5-15(27-2)16(14)19-28-9-13(24)18(29-19)12(23)7-20-6-11(22)17(25)10(20)8-21/h3-5,10-13,17-19,21-25H,6-9H2,1-2H3/t10-,11-,12-,13-,17-,18-,19?/m1/s1. The van der Waals surface area contributed by atoms with Gasteiger partial charge in [0.2, 0.25) is 0 Å². The highest BCUT2D eigenvalue weighted by Crippen LogP contribution is 2.39. The fourth-order valence-corrected chi connectivity index (χ4v) is 3.90. The maximum Gasteiger partial charge on any atom is 0.191 e. The number of β-amino-alcohol motifs (C(OH)–C–C–N with tert-alkyl or cyclic N) is 2. The fourth-order valence-electron chi connectivity index (χ4n) is 3.90. The van der Waals surface area contributed by atoms with Crippen LogP contribution in [0.3, 0.4) is 0 Å². The highest BCUT2D eigenvalue weighted by Gasteiger charge is 2.43. The van der Waals surface area contributed by atoms with Crippen LogP contribution in [0.1, 0.15) is 11.9 Å². The van der Waals surface area contributed by atoms with Gasteiger partial charge in [0, 0.05) is 13.1 Å². The molecule has 1 unspecified atom stereocenters. The zero-order valence-electron chi connectivity index (χ0n) is 16.4. The number of likely N-dealkylation sites (tertiary alicyclic amines) is 1. The Morgan fingerprint density at radius 3 is 2.38 bits per heavy atom. The molecule has 7 atom stereocenters. The Hall–Kier alpha value is -1.50. The van der Waals surface area contributed by atoms with E-state index in [-0.39, 0.29) is 26.3 Å². The summed E-state index contributed by atoms with van der Waals surface area (Å²) < 4.78 is 22.2. The molecule has 2 aliphatic heterocycles. The lowest BCUT2D eigenvalue weighted by Crippen LogP contribution is -2.52. The average molecular weight is 415 g/mol. The number of nitrogens with zero attached hydrogens (tertiary/aromatic N) is 1. The third-order valence-electron chi connectivity index (χ3n) is 5.45. The number of methoxy groups -OCH3 is 2. The Bertz CT molecular complexity index is 653. The second-order valence-corrected chi connectivity index (χ2v) is 7.24. The van der Waals surface area contributed by atoms with Gasteiger partial charge in [0.15, 0.2) is 6.29 Å². The van der Waals surface area contributed by atoms with Crippen LogP contribution >= 0.6 is 0 Å². The highest BCUT2D eigenvalue weighted by molar-refractivity contribution is 5.45. The van der Waals surface area contributed by atoms with Crippen molar-refractivity contribution >= 4 is 0 Å². The monoisotopic (exact) mass is 415 g/mol. The molecule has 3 rings (SSSR count). The highest BCUT2D eigenvalue weighted by atomic mass is 16.7. The lowest BCUT2D eigenvalue weighted by Gasteiger charge is -2.38. The first-order valence-corrected chi connectivity index (χ1v) is 9.46. The zero-order chi connectivity index (χ0) is 21.1. The summed E-state index contributed by atoms with van der Waals surface area (Å²) in [6, 6.07) is 4.49. The molecule has 0 aliphatic carbocycles. The van der Waals surface area contributed by atoms with Gasteiger partial charge in [-0.15, -0.1) is 0 Å². The van der Waals surface area contributed by atoms with E-state index in [0.717, 1.165) is 0 Å². The van der Waals surface area contributed by atoms with Crippen molar-refractivity contribution in [2.75, 3.05) is 40.5 Å². The Morgan fingerprint density at radius 2 is 1.79 bits per heavy atom. The van der Waals surface area contributed by atoms with Crippen LogP contribution in [0.15, 0.2) is 18.2 Å². The molecule has 2 aliphatic rings. The molecule has 0 radical (unpaired) electrons. The first kappa shape index (κ1) is 22.2. The van der Waals surface area contributed by atoms with E-state index in [9.17, 15) is 25.5 Å². The predicted octanol–water partition coefficient (Wildman–Crippen LogP) is -1.76. The smallest absolute Gasteiger partial charge is 0.191 e. The Kier molecular flexibility index (Phi) is 7.30. The molecular formula is C19H29NO9. The largest absolute Gasteiger partial charge is 0.496 e. The van der Waals surface area contributed by atoms with Gasteiger partial charge in [-0.1, -0.05) is 6.07 Å². The zero-order valence-corrected chi connectivity index (χ0v) is 16.4. The summed E-state index contributed by atoms with van der Waals surface area (Å²) in [5.41, 5.74) is 0.502. The van der Waals surface area contributed by atoms with Gasteiger partial charge in [-0.05, 0) is 12.1 Å². The summed E-state index contributed by atoms with van der Waals surface area (Å²) in [6.07, 6.45) is -6.33. The number of rotatable bonds is 7. The van der Waals surface area contributed by atoms with Gasteiger partial charge >= 0.3 is 0 Å². The number of ether oxygens (including phenoxy) is 4. The molecule has 2 saturated heterocycles. The third kappa shape index (κ3) is 4.49. The first-order chi connectivity index (χ1) is 13.9. The molecule has 29 heavy (non-hydrogen) atoms. The summed E-state index contributed by atoms with van der Waals surface area (Å²) in [5, 5.41) is 50.3. The average Bonchev–Trinajstić information content (AvgIpc) is 3.00. The van der Waals surface area contributed by atoms with Crippen molar-refractivity contribution in [2.24, 2.45) is 0 Å². The maximum absolute atomic E-state index is 10.7. The molecular weight excluding hydrogens is 386 g/mol. The van der Waals surface area contributed by atoms with Gasteiger partial charge in [0.05, 0.1) is 57.4 Å². The van der Waals surface area contributed by atoms with Crippen molar-refractivity contribution in [3.05, 3.63) is 23.8 Å². The molecule has 10 nitrogen and oxygen atoms in total. The van der Waals surface area contributed by atoms with E-state index in [1.54, 1.807) is 23.1 Å². The van der Waals surface area contributed by atoms with Gasteiger partial charge in [-0.2, -0.15) is 0 Å². The molecule has 0 amide bonds. The van der Waals surface area contributed by atoms with E-state index in [0.29, 0.717) is 17.1 Å². The third-order valence-corrected chi connectivity index (χ3v) is 5.45. The van der Waals surface area contributed by atoms with Crippen molar-refractivity contribution in [2.45, 2.75) is 42.9 Å². The molecule has 0 spiro atoms. The quantitative estimate of drug-likeness (QED) is 0.348. The van der Waals surface area contributed by atoms with Gasteiger partial charge in [0.1, 0.15) is 23.7 Å². The second kappa shape index (κ2) is 9.54. The van der Waals surface area contributed by atoms with Crippen molar-refractivity contribution < 1.29 is 44.5 Å². The van der Waals surface area contributed by atoms with Crippen molar-refractivity contribution in [1.29, 1.82) is 0 Å². The molecule has 0 aromatic heterocycles. The minimum absolute atomic E-state index is 0.0170. The van der Waals surface area contributed by atoms with Crippen LogP contribution in [0.25, 0.3) is 0 Å². The topological polar surface area (TPSA) is 141 Å². The molecule has 164 valence electrons. The summed E-state index contributed by atoms with van der Waals surface area (Å²) in [4.78, 5) is 1.57. The van der Waals surface area contributed by atoms with Crippen LogP contribution in [0.4, 0.5) is 0 Å². The molecule has 1 aromatic carbocycles. The molecule has 2 heterocycles. The maximum atomic E-state index is 10.7. The van der Waals surface area contributed by atoms with Crippen molar-refractivity contribution in [3.63, 3.8) is 0 Å². The van der Waals surface area contributed by atoms with Gasteiger partial charge in [0.25, 0.3) is 0 Å². The summed E-state index contributed by atoms with van der Waals surface area (Å²) in [6.45, 7) is -0.380. The molecule has 0 saturated carbocycles. The van der Waals surface area contributed by atoms with E-state index >= 15 is 0 Å². The van der Waals surface area contributed by atoms with E-state index in [4.69, 9.17) is 18.9 Å². The fraction of sp³-hybridized carbons (Fsp3) is 0.684. The number of hydrogen-bond acceptors (Lipinski definition) is 10. The van der Waals surface area contributed by atoms with Crippen LogP contribution in [0, 0.1) is 0 Å². The molecule has 0 bridgehead atoms. The lowest BCUT2D eigenvalue weighted by atomic mass is 10.0. The predicted molar refractivity (Wildman–Crippen MR) is 99.6 cm³/mol. The normalized spacial score (nSPS) is 34.2. The van der Waals surface area contributed by atoms with Crippen LogP contribution in [0.2, 0.25) is 0 Å². The number of aliphatic hydroxyl groups is 5. The van der Waals surface area contributed by atoms with Crippen molar-refractivity contribution in [1.82, 2.24) is 4.90 Å². The summed E-state index contributed by atoms with van der Waals surface area (Å²) in [7, 11) is 3.00. The van der Waals surface area contributed by atoms with E-state index in [2.05, 4.69) is 0 Å². The SMILES string of the molecule is COc1cccc(OC)c1C1OC[C@@H](O)[C@@H]([C@H](O)CN2C[C@@H](O)[C@H](O)[C@H]2CO)O1. The second-order valence-electron chi connectivity index (χ2n) is 7.24. The van der Waals surface area contributed by atoms with Gasteiger partial charge in [-0.25, -0.2) is 0 Å². The van der Waals surface area contributed by atoms with Crippen LogP contribution in [-0.2, 0) is 9.47 Å². The Morgan fingerprint density at radius 1 is 1.14 bits per heavy atom. The number of hydrogen-bond donors (Lipinski definition) is 5. The van der Waals surface area contributed by atoms with Gasteiger partial charge < -0.3 is 44.5 Å². The number of aliphatic hydroxyl groups excluding tert-OH is 5. The van der Waals surface area contributed by atoms with Crippen LogP contribution in [0.5, 0.6) is 11.5 Å². The molecule has 5 N–H and O–H groups in total. The molecule has 1 aromatic rings. The minimum Gasteiger partial charge on any atom is -0.496 e. The van der Waals surface area contributed by atoms with E-state index in [1.807, 2.05) is 0 Å². The summed E-state index contributed by atoms with van der Waals surface area (Å²) >= 11 is 0.